The first-order valence-corrected chi connectivity index (χ1v) is 11.6. The van der Waals surface area contributed by atoms with Gasteiger partial charge >= 0.3 is 0 Å². The van der Waals surface area contributed by atoms with E-state index in [1.54, 1.807) is 53.5 Å². The first-order valence-electron chi connectivity index (χ1n) is 10.2. The molecule has 1 aliphatic heterocycles. The Bertz CT molecular complexity index is 1080. The third kappa shape index (κ3) is 5.02. The molecule has 3 heterocycles. The van der Waals surface area contributed by atoms with Crippen molar-refractivity contribution in [3.05, 3.63) is 54.9 Å². The van der Waals surface area contributed by atoms with E-state index in [1.807, 2.05) is 19.9 Å². The number of benzene rings is 1. The molecular weight excluding hydrogens is 418 g/mol. The second kappa shape index (κ2) is 9.03. The fourth-order valence-electron chi connectivity index (χ4n) is 3.37. The van der Waals surface area contributed by atoms with E-state index in [0.29, 0.717) is 43.4 Å². The van der Waals surface area contributed by atoms with Crippen LogP contribution in [-0.2, 0) is 10.0 Å². The van der Waals surface area contributed by atoms with Gasteiger partial charge in [-0.3, -0.25) is 0 Å². The smallest absolute Gasteiger partial charge is 0.243 e. The van der Waals surface area contributed by atoms with Crippen LogP contribution in [0.3, 0.4) is 0 Å². The Morgan fingerprint density at radius 3 is 2.35 bits per heavy atom. The standard InChI is InChI=1S/C21H25N5O4S/c1-16(2)29-17-4-6-19(7-5-17)31(27,28)25-14-10-18(11-15-25)30-21-9-8-20(23-24-21)26-13-3-12-22-26/h3-9,12-13,16,18H,10-11,14-15H2,1-2H3. The van der Waals surface area contributed by atoms with Gasteiger partial charge in [0.1, 0.15) is 11.9 Å². The van der Waals surface area contributed by atoms with Gasteiger partial charge in [0.05, 0.1) is 11.0 Å². The second-order valence-electron chi connectivity index (χ2n) is 7.54. The Balaban J connectivity index is 1.33. The molecule has 9 nitrogen and oxygen atoms in total. The molecular formula is C21H25N5O4S. The summed E-state index contributed by atoms with van der Waals surface area (Å²) in [6.45, 7) is 4.62. The number of hydrogen-bond acceptors (Lipinski definition) is 7. The number of rotatable bonds is 7. The molecule has 4 rings (SSSR count). The van der Waals surface area contributed by atoms with Crippen molar-refractivity contribution in [2.75, 3.05) is 13.1 Å². The Hall–Kier alpha value is -2.98. The van der Waals surface area contributed by atoms with Crippen molar-refractivity contribution in [3.8, 4) is 17.4 Å². The van der Waals surface area contributed by atoms with Crippen LogP contribution in [0.1, 0.15) is 26.7 Å². The topological polar surface area (TPSA) is 99.4 Å². The molecule has 2 aromatic heterocycles. The fraction of sp³-hybridized carbons (Fsp3) is 0.381. The summed E-state index contributed by atoms with van der Waals surface area (Å²) in [6, 6.07) is 11.9. The highest BCUT2D eigenvalue weighted by molar-refractivity contribution is 7.89. The van der Waals surface area contributed by atoms with Crippen molar-refractivity contribution >= 4 is 10.0 Å². The average Bonchev–Trinajstić information content (AvgIpc) is 3.30. The summed E-state index contributed by atoms with van der Waals surface area (Å²) in [5.41, 5.74) is 0. The Morgan fingerprint density at radius 2 is 1.77 bits per heavy atom. The summed E-state index contributed by atoms with van der Waals surface area (Å²) >= 11 is 0. The SMILES string of the molecule is CC(C)Oc1ccc(S(=O)(=O)N2CCC(Oc3ccc(-n4cccn4)nn3)CC2)cc1. The van der Waals surface area contributed by atoms with Crippen LogP contribution in [0, 0.1) is 0 Å². The maximum absolute atomic E-state index is 12.9. The maximum Gasteiger partial charge on any atom is 0.243 e. The van der Waals surface area contributed by atoms with E-state index in [0.717, 1.165) is 0 Å². The number of piperidine rings is 1. The molecule has 1 saturated heterocycles. The van der Waals surface area contributed by atoms with Crippen LogP contribution < -0.4 is 9.47 Å². The van der Waals surface area contributed by atoms with Gasteiger partial charge in [-0.15, -0.1) is 10.2 Å². The number of hydrogen-bond donors (Lipinski definition) is 0. The van der Waals surface area contributed by atoms with Crippen LogP contribution in [0.4, 0.5) is 0 Å². The Morgan fingerprint density at radius 1 is 1.03 bits per heavy atom. The molecule has 0 amide bonds. The Kier molecular flexibility index (Phi) is 6.19. The van der Waals surface area contributed by atoms with Crippen molar-refractivity contribution in [3.63, 3.8) is 0 Å². The first kappa shape index (κ1) is 21.3. The largest absolute Gasteiger partial charge is 0.491 e. The van der Waals surface area contributed by atoms with Gasteiger partial charge in [0.25, 0.3) is 0 Å². The molecule has 0 aliphatic carbocycles. The van der Waals surface area contributed by atoms with Gasteiger partial charge in [0.15, 0.2) is 5.82 Å². The highest BCUT2D eigenvalue weighted by Gasteiger charge is 2.30. The summed E-state index contributed by atoms with van der Waals surface area (Å²) in [7, 11) is -3.55. The van der Waals surface area contributed by atoms with Gasteiger partial charge in [-0.05, 0) is 63.1 Å². The van der Waals surface area contributed by atoms with Crippen LogP contribution in [0.2, 0.25) is 0 Å². The van der Waals surface area contributed by atoms with Gasteiger partial charge in [0.2, 0.25) is 15.9 Å². The highest BCUT2D eigenvalue weighted by Crippen LogP contribution is 2.25. The molecule has 0 unspecified atom stereocenters. The van der Waals surface area contributed by atoms with E-state index in [-0.39, 0.29) is 17.1 Å². The normalized spacial score (nSPS) is 15.8. The molecule has 0 N–H and O–H groups in total. The molecule has 10 heteroatoms. The minimum absolute atomic E-state index is 0.0351. The number of ether oxygens (including phenoxy) is 2. The van der Waals surface area contributed by atoms with Crippen LogP contribution in [0.25, 0.3) is 5.82 Å². The molecule has 0 radical (unpaired) electrons. The lowest BCUT2D eigenvalue weighted by atomic mass is 10.1. The van der Waals surface area contributed by atoms with Crippen LogP contribution >= 0.6 is 0 Å². The lowest BCUT2D eigenvalue weighted by Crippen LogP contribution is -2.41. The zero-order valence-electron chi connectivity index (χ0n) is 17.5. The van der Waals surface area contributed by atoms with E-state index < -0.39 is 10.0 Å². The second-order valence-corrected chi connectivity index (χ2v) is 9.48. The Labute approximate surface area is 181 Å². The van der Waals surface area contributed by atoms with E-state index in [1.165, 1.54) is 4.31 Å². The first-order chi connectivity index (χ1) is 14.9. The molecule has 0 atom stereocenters. The van der Waals surface area contributed by atoms with Crippen LogP contribution in [-0.4, -0.2) is 58.0 Å². The summed E-state index contributed by atoms with van der Waals surface area (Å²) < 4.78 is 40.5. The van der Waals surface area contributed by atoms with Crippen LogP contribution in [0.5, 0.6) is 11.6 Å². The van der Waals surface area contributed by atoms with Crippen molar-refractivity contribution < 1.29 is 17.9 Å². The molecule has 1 aliphatic rings. The van der Waals surface area contributed by atoms with Gasteiger partial charge in [-0.1, -0.05) is 0 Å². The van der Waals surface area contributed by atoms with Gasteiger partial charge in [-0.2, -0.15) is 9.40 Å². The zero-order valence-corrected chi connectivity index (χ0v) is 18.3. The molecule has 31 heavy (non-hydrogen) atoms. The average molecular weight is 444 g/mol. The van der Waals surface area contributed by atoms with E-state index in [9.17, 15) is 8.42 Å². The third-order valence-corrected chi connectivity index (χ3v) is 6.80. The highest BCUT2D eigenvalue weighted by atomic mass is 32.2. The molecule has 0 saturated carbocycles. The predicted octanol–water partition coefficient (Wildman–Crippen LogP) is 2.68. The molecule has 3 aromatic rings. The van der Waals surface area contributed by atoms with E-state index in [4.69, 9.17) is 9.47 Å². The van der Waals surface area contributed by atoms with Gasteiger partial charge < -0.3 is 9.47 Å². The molecule has 164 valence electrons. The summed E-state index contributed by atoms with van der Waals surface area (Å²) in [5.74, 6) is 1.67. The summed E-state index contributed by atoms with van der Waals surface area (Å²) in [6.07, 6.45) is 4.53. The van der Waals surface area contributed by atoms with Crippen LogP contribution in [0.15, 0.2) is 59.8 Å². The molecule has 1 fully saturated rings. The fourth-order valence-corrected chi connectivity index (χ4v) is 4.84. The van der Waals surface area contributed by atoms with Crippen molar-refractivity contribution in [2.24, 2.45) is 0 Å². The number of sulfonamides is 1. The number of aromatic nitrogens is 4. The molecule has 1 aromatic carbocycles. The molecule has 0 bridgehead atoms. The number of nitrogens with zero attached hydrogens (tertiary/aromatic N) is 5. The monoisotopic (exact) mass is 443 g/mol. The van der Waals surface area contributed by atoms with Gasteiger partial charge in [-0.25, -0.2) is 13.1 Å². The summed E-state index contributed by atoms with van der Waals surface area (Å²) in [5, 5.41) is 12.3. The molecule has 0 spiro atoms. The van der Waals surface area contributed by atoms with E-state index in [2.05, 4.69) is 15.3 Å². The minimum atomic E-state index is -3.55. The van der Waals surface area contributed by atoms with Crippen molar-refractivity contribution in [1.29, 1.82) is 0 Å². The van der Waals surface area contributed by atoms with Gasteiger partial charge in [0, 0.05) is 31.5 Å². The maximum atomic E-state index is 12.9. The minimum Gasteiger partial charge on any atom is -0.491 e. The van der Waals surface area contributed by atoms with Crippen molar-refractivity contribution in [1.82, 2.24) is 24.3 Å². The quantitative estimate of drug-likeness (QED) is 0.553. The van der Waals surface area contributed by atoms with E-state index >= 15 is 0 Å². The third-order valence-electron chi connectivity index (χ3n) is 4.89. The predicted molar refractivity (Wildman–Crippen MR) is 114 cm³/mol. The summed E-state index contributed by atoms with van der Waals surface area (Å²) in [4.78, 5) is 0.267. The lowest BCUT2D eigenvalue weighted by Gasteiger charge is -2.31. The lowest BCUT2D eigenvalue weighted by molar-refractivity contribution is 0.128. The zero-order chi connectivity index (χ0) is 21.8. The van der Waals surface area contributed by atoms with Crippen molar-refractivity contribution in [2.45, 2.75) is 43.8 Å².